The number of pyridine rings is 1. The maximum atomic E-state index is 14.2. The van der Waals surface area contributed by atoms with Crippen LogP contribution in [0, 0.1) is 12.8 Å². The SMILES string of the molecule is COc1cc(-n2ncc3c(-c4cccc(Nc5nc(C(F)F)nc6cc(CNC7CCC(C)CC7)cnc56)c4C)cccc32)cc(OC)c1CN(C)C1CCCCC1. The molecule has 304 valence electrons. The van der Waals surface area contributed by atoms with E-state index in [0.717, 1.165) is 86.9 Å². The lowest BCUT2D eigenvalue weighted by atomic mass is 9.87. The van der Waals surface area contributed by atoms with Crippen molar-refractivity contribution in [3.8, 4) is 28.3 Å². The van der Waals surface area contributed by atoms with Gasteiger partial charge in [0.05, 0.1) is 42.7 Å². The average Bonchev–Trinajstić information content (AvgIpc) is 3.69. The Hall–Kier alpha value is -5.20. The van der Waals surface area contributed by atoms with Crippen LogP contribution in [0.4, 0.5) is 20.3 Å². The van der Waals surface area contributed by atoms with Gasteiger partial charge in [-0.2, -0.15) is 5.10 Å². The van der Waals surface area contributed by atoms with Crippen LogP contribution in [0.2, 0.25) is 0 Å². The number of nitrogens with one attached hydrogen (secondary N) is 2. The van der Waals surface area contributed by atoms with Crippen molar-refractivity contribution >= 4 is 33.4 Å². The van der Waals surface area contributed by atoms with Crippen LogP contribution in [0.25, 0.3) is 38.8 Å². The standard InChI is InChI=1S/C46H54F2N8O2/c1-28-17-19-31(20-18-28)49-24-30-21-39-43(50-25-30)45(54-46(53-39)44(47)48)52-38-15-9-13-34(29(38)2)35-14-10-16-40-36(35)26-51-56(40)33-22-41(57-4)37(42(23-33)58-5)27-55(3)32-11-7-6-8-12-32/h9-10,13-16,21-23,25-26,28,31-32,44,49H,6-8,11-12,17-20,24,27H2,1-5H3,(H,52,53,54). The van der Waals surface area contributed by atoms with Crippen LogP contribution in [0.5, 0.6) is 11.5 Å². The highest BCUT2D eigenvalue weighted by molar-refractivity contribution is 5.97. The summed E-state index contributed by atoms with van der Waals surface area (Å²) in [6.07, 6.45) is 11.8. The third kappa shape index (κ3) is 8.22. The number of fused-ring (bicyclic) bond motifs is 2. The zero-order valence-electron chi connectivity index (χ0n) is 34.2. The van der Waals surface area contributed by atoms with E-state index in [9.17, 15) is 8.78 Å². The fourth-order valence-corrected chi connectivity index (χ4v) is 8.92. The number of alkyl halides is 2. The van der Waals surface area contributed by atoms with Gasteiger partial charge in [-0.15, -0.1) is 0 Å². The van der Waals surface area contributed by atoms with E-state index < -0.39 is 12.2 Å². The predicted octanol–water partition coefficient (Wildman–Crippen LogP) is 10.5. The van der Waals surface area contributed by atoms with E-state index in [1.165, 1.54) is 44.9 Å². The van der Waals surface area contributed by atoms with Crippen LogP contribution in [-0.2, 0) is 13.1 Å². The molecule has 0 atom stereocenters. The van der Waals surface area contributed by atoms with Crippen molar-refractivity contribution < 1.29 is 18.3 Å². The molecule has 0 bridgehead atoms. The van der Waals surface area contributed by atoms with Crippen molar-refractivity contribution in [1.29, 1.82) is 0 Å². The van der Waals surface area contributed by atoms with Gasteiger partial charge in [-0.3, -0.25) is 9.88 Å². The van der Waals surface area contributed by atoms with E-state index in [1.807, 2.05) is 54.2 Å². The molecule has 2 N–H and O–H groups in total. The third-order valence-electron chi connectivity index (χ3n) is 12.3. The van der Waals surface area contributed by atoms with Crippen LogP contribution in [0.1, 0.15) is 93.7 Å². The number of benzene rings is 3. The number of methoxy groups -OCH3 is 2. The Kier molecular flexibility index (Phi) is 11.8. The largest absolute Gasteiger partial charge is 0.496 e. The molecule has 58 heavy (non-hydrogen) atoms. The first kappa shape index (κ1) is 39.6. The summed E-state index contributed by atoms with van der Waals surface area (Å²) < 4.78 is 42.2. The van der Waals surface area contributed by atoms with Gasteiger partial charge >= 0.3 is 0 Å². The first-order chi connectivity index (χ1) is 28.2. The quantitative estimate of drug-likeness (QED) is 0.118. The molecule has 2 saturated carbocycles. The van der Waals surface area contributed by atoms with Crippen molar-refractivity contribution in [2.75, 3.05) is 26.6 Å². The van der Waals surface area contributed by atoms with Crippen LogP contribution in [0.15, 0.2) is 67.0 Å². The molecular weight excluding hydrogens is 735 g/mol. The molecule has 2 aliphatic carbocycles. The lowest BCUT2D eigenvalue weighted by molar-refractivity contribution is 0.141. The van der Waals surface area contributed by atoms with Gasteiger partial charge in [0.1, 0.15) is 17.0 Å². The number of nitrogens with zero attached hydrogens (tertiary/aromatic N) is 6. The second-order valence-electron chi connectivity index (χ2n) is 16.2. The first-order valence-corrected chi connectivity index (χ1v) is 20.7. The zero-order valence-corrected chi connectivity index (χ0v) is 34.2. The molecular formula is C46H54F2N8O2. The van der Waals surface area contributed by atoms with Crippen LogP contribution in [0.3, 0.4) is 0 Å². The molecule has 0 spiro atoms. The molecule has 2 aliphatic rings. The molecule has 12 heteroatoms. The van der Waals surface area contributed by atoms with Crippen molar-refractivity contribution in [3.63, 3.8) is 0 Å². The lowest BCUT2D eigenvalue weighted by Crippen LogP contribution is -2.33. The Morgan fingerprint density at radius 2 is 1.60 bits per heavy atom. The zero-order chi connectivity index (χ0) is 40.3. The van der Waals surface area contributed by atoms with Crippen molar-refractivity contribution in [3.05, 3.63) is 89.5 Å². The summed E-state index contributed by atoms with van der Waals surface area (Å²) in [7, 11) is 5.60. The topological polar surface area (TPSA) is 102 Å². The van der Waals surface area contributed by atoms with E-state index in [1.54, 1.807) is 20.4 Å². The van der Waals surface area contributed by atoms with E-state index in [-0.39, 0.29) is 5.82 Å². The van der Waals surface area contributed by atoms with E-state index >= 15 is 0 Å². The number of aromatic nitrogens is 5. The van der Waals surface area contributed by atoms with Gasteiger partial charge in [0.25, 0.3) is 6.43 Å². The van der Waals surface area contributed by atoms with Gasteiger partial charge in [0, 0.05) is 54.6 Å². The van der Waals surface area contributed by atoms with Gasteiger partial charge in [-0.1, -0.05) is 50.5 Å². The van der Waals surface area contributed by atoms with Crippen molar-refractivity contribution in [2.24, 2.45) is 5.92 Å². The summed E-state index contributed by atoms with van der Waals surface area (Å²) in [4.78, 5) is 15.6. The Balaban J connectivity index is 1.08. The maximum absolute atomic E-state index is 14.2. The highest BCUT2D eigenvalue weighted by Gasteiger charge is 2.24. The molecule has 2 fully saturated rings. The Morgan fingerprint density at radius 3 is 2.33 bits per heavy atom. The van der Waals surface area contributed by atoms with E-state index in [0.29, 0.717) is 29.7 Å². The number of hydrogen-bond donors (Lipinski definition) is 2. The minimum atomic E-state index is -2.84. The fraction of sp³-hybridized carbons (Fsp3) is 0.435. The fourth-order valence-electron chi connectivity index (χ4n) is 8.92. The number of anilines is 2. The minimum Gasteiger partial charge on any atom is -0.496 e. The second kappa shape index (κ2) is 17.3. The molecule has 0 amide bonds. The molecule has 3 heterocycles. The van der Waals surface area contributed by atoms with Crippen molar-refractivity contribution in [2.45, 2.75) is 103 Å². The van der Waals surface area contributed by atoms with Crippen molar-refractivity contribution in [1.82, 2.24) is 34.9 Å². The predicted molar refractivity (Wildman–Crippen MR) is 227 cm³/mol. The summed E-state index contributed by atoms with van der Waals surface area (Å²) >= 11 is 0. The number of hydrogen-bond acceptors (Lipinski definition) is 9. The van der Waals surface area contributed by atoms with Gasteiger partial charge in [-0.25, -0.2) is 23.4 Å². The highest BCUT2D eigenvalue weighted by Crippen LogP contribution is 2.39. The first-order valence-electron chi connectivity index (χ1n) is 20.7. The van der Waals surface area contributed by atoms with Crippen LogP contribution >= 0.6 is 0 Å². The number of halogens is 2. The van der Waals surface area contributed by atoms with Crippen LogP contribution < -0.4 is 20.1 Å². The summed E-state index contributed by atoms with van der Waals surface area (Å²) in [5, 5.41) is 12.8. The van der Waals surface area contributed by atoms with E-state index in [2.05, 4.69) is 57.7 Å². The number of ether oxygens (including phenoxy) is 2. The molecule has 3 aromatic heterocycles. The number of rotatable bonds is 13. The smallest absolute Gasteiger partial charge is 0.297 e. The lowest BCUT2D eigenvalue weighted by Gasteiger charge is -2.32. The molecule has 8 rings (SSSR count). The summed E-state index contributed by atoms with van der Waals surface area (Å²) in [5.41, 5.74) is 8.09. The normalized spacial score (nSPS) is 17.7. The molecule has 0 unspecified atom stereocenters. The Bertz CT molecular complexity index is 2360. The maximum Gasteiger partial charge on any atom is 0.297 e. The van der Waals surface area contributed by atoms with Gasteiger partial charge < -0.3 is 20.1 Å². The van der Waals surface area contributed by atoms with Crippen LogP contribution in [-0.4, -0.2) is 63.0 Å². The average molecular weight is 789 g/mol. The van der Waals surface area contributed by atoms with Gasteiger partial charge in [0.15, 0.2) is 11.6 Å². The monoisotopic (exact) mass is 788 g/mol. The molecule has 0 aliphatic heterocycles. The summed E-state index contributed by atoms with van der Waals surface area (Å²) in [6, 6.07) is 19.0. The Labute approximate surface area is 339 Å². The minimum absolute atomic E-state index is 0.239. The highest BCUT2D eigenvalue weighted by atomic mass is 19.3. The summed E-state index contributed by atoms with van der Waals surface area (Å²) in [6.45, 7) is 5.65. The van der Waals surface area contributed by atoms with E-state index in [4.69, 9.17) is 19.6 Å². The molecule has 3 aromatic carbocycles. The van der Waals surface area contributed by atoms with Gasteiger partial charge in [0.2, 0.25) is 0 Å². The molecule has 10 nitrogen and oxygen atoms in total. The third-order valence-corrected chi connectivity index (χ3v) is 12.3. The summed E-state index contributed by atoms with van der Waals surface area (Å²) in [5.74, 6) is 1.99. The van der Waals surface area contributed by atoms with Gasteiger partial charge in [-0.05, 0) is 98.9 Å². The molecule has 0 saturated heterocycles. The molecule has 0 radical (unpaired) electrons. The Morgan fingerprint density at radius 1 is 0.879 bits per heavy atom. The molecule has 6 aromatic rings. The second-order valence-corrected chi connectivity index (χ2v) is 16.2.